The lowest BCUT2D eigenvalue weighted by Crippen LogP contribution is -2.43. The molecule has 0 saturated carbocycles. The van der Waals surface area contributed by atoms with Gasteiger partial charge < -0.3 is 25.1 Å². The molecular formula is C26H40N4O4Si. The summed E-state index contributed by atoms with van der Waals surface area (Å²) < 4.78 is 12.5. The second-order valence-corrected chi connectivity index (χ2v) is 14.8. The van der Waals surface area contributed by atoms with E-state index in [2.05, 4.69) is 54.8 Å². The highest BCUT2D eigenvalue weighted by Gasteiger charge is 2.39. The number of benzene rings is 1. The van der Waals surface area contributed by atoms with Gasteiger partial charge in [-0.05, 0) is 47.5 Å². The highest BCUT2D eigenvalue weighted by molar-refractivity contribution is 6.74. The Morgan fingerprint density at radius 3 is 2.31 bits per heavy atom. The van der Waals surface area contributed by atoms with Crippen LogP contribution in [0.2, 0.25) is 18.1 Å². The molecule has 0 fully saturated rings. The van der Waals surface area contributed by atoms with Gasteiger partial charge in [-0.15, -0.1) is 0 Å². The van der Waals surface area contributed by atoms with E-state index in [1.54, 1.807) is 19.3 Å². The van der Waals surface area contributed by atoms with Crippen molar-refractivity contribution in [1.29, 1.82) is 0 Å². The smallest absolute Gasteiger partial charge is 0.224 e. The summed E-state index contributed by atoms with van der Waals surface area (Å²) in [7, 11) is -0.398. The van der Waals surface area contributed by atoms with Crippen LogP contribution in [0.5, 0.6) is 5.75 Å². The maximum absolute atomic E-state index is 11.5. The van der Waals surface area contributed by atoms with Crippen molar-refractivity contribution in [1.82, 2.24) is 15.6 Å². The van der Waals surface area contributed by atoms with Gasteiger partial charge >= 0.3 is 0 Å². The van der Waals surface area contributed by atoms with Gasteiger partial charge in [0.15, 0.2) is 8.32 Å². The first-order valence-electron chi connectivity index (χ1n) is 12.0. The molecule has 35 heavy (non-hydrogen) atoms. The number of likely N-dealkylation sites (N-methyl/N-ethyl adjacent to an activating group) is 1. The predicted molar refractivity (Wildman–Crippen MR) is 142 cm³/mol. The van der Waals surface area contributed by atoms with E-state index in [0.29, 0.717) is 31.9 Å². The summed E-state index contributed by atoms with van der Waals surface area (Å²) in [6.07, 6.45) is 1.95. The standard InChI is InChI=1S/C26H40N4O4Si/c1-19(31)30-24-13-10-21(17-29-24)23(34-35(6,7)26(2,3)4)18-28-14-15-33-22-11-8-20(9-12-22)16-25(32)27-5/h8-13,17,23,28H,14-16,18H2,1-7H3,(H,27,32)(H,29,30,31)/t23-/m1/s1. The molecule has 192 valence electrons. The van der Waals surface area contributed by atoms with Crippen LogP contribution in [-0.2, 0) is 20.4 Å². The number of nitrogens with one attached hydrogen (secondary N) is 3. The fourth-order valence-electron chi connectivity index (χ4n) is 3.06. The Bertz CT molecular complexity index is 957. The summed E-state index contributed by atoms with van der Waals surface area (Å²) in [5, 5.41) is 8.84. The summed E-state index contributed by atoms with van der Waals surface area (Å²) in [6.45, 7) is 14.3. The summed E-state index contributed by atoms with van der Waals surface area (Å²) in [6, 6.07) is 11.3. The van der Waals surface area contributed by atoms with Crippen molar-refractivity contribution in [2.75, 3.05) is 32.1 Å². The van der Waals surface area contributed by atoms with Crippen molar-refractivity contribution in [2.24, 2.45) is 0 Å². The number of pyridine rings is 1. The number of ether oxygens (including phenoxy) is 1. The Morgan fingerprint density at radius 2 is 1.77 bits per heavy atom. The molecule has 0 aliphatic carbocycles. The molecule has 0 aliphatic rings. The van der Waals surface area contributed by atoms with Gasteiger partial charge in [-0.25, -0.2) is 4.98 Å². The van der Waals surface area contributed by atoms with Gasteiger partial charge in [0.2, 0.25) is 11.8 Å². The molecular weight excluding hydrogens is 460 g/mol. The van der Waals surface area contributed by atoms with Crippen LogP contribution in [0.15, 0.2) is 42.6 Å². The maximum atomic E-state index is 11.5. The zero-order valence-corrected chi connectivity index (χ0v) is 23.0. The van der Waals surface area contributed by atoms with Crippen molar-refractivity contribution in [2.45, 2.75) is 58.4 Å². The Kier molecular flexibility index (Phi) is 10.4. The monoisotopic (exact) mass is 500 g/mol. The Labute approximate surface area is 210 Å². The summed E-state index contributed by atoms with van der Waals surface area (Å²) >= 11 is 0. The molecule has 2 rings (SSSR count). The lowest BCUT2D eigenvalue weighted by molar-refractivity contribution is -0.120. The van der Waals surface area contributed by atoms with Crippen LogP contribution >= 0.6 is 0 Å². The first-order chi connectivity index (χ1) is 16.4. The molecule has 2 amide bonds. The van der Waals surface area contributed by atoms with E-state index < -0.39 is 8.32 Å². The van der Waals surface area contributed by atoms with Crippen molar-refractivity contribution < 1.29 is 18.8 Å². The molecule has 0 saturated heterocycles. The summed E-state index contributed by atoms with van der Waals surface area (Å²) in [5.41, 5.74) is 1.91. The minimum absolute atomic E-state index is 0.0164. The summed E-state index contributed by atoms with van der Waals surface area (Å²) in [4.78, 5) is 27.2. The largest absolute Gasteiger partial charge is 0.492 e. The SMILES string of the molecule is CNC(=O)Cc1ccc(OCCNC[C@@H](O[Si](C)(C)C(C)(C)C)c2ccc(NC(C)=O)nc2)cc1. The third-order valence-corrected chi connectivity index (χ3v) is 10.6. The highest BCUT2D eigenvalue weighted by atomic mass is 28.4. The van der Waals surface area contributed by atoms with E-state index in [9.17, 15) is 9.59 Å². The second-order valence-electron chi connectivity index (χ2n) is 10.1. The van der Waals surface area contributed by atoms with Crippen molar-refractivity contribution in [3.63, 3.8) is 0 Å². The van der Waals surface area contributed by atoms with Gasteiger partial charge in [-0.1, -0.05) is 39.0 Å². The average molecular weight is 501 g/mol. The first-order valence-corrected chi connectivity index (χ1v) is 14.9. The minimum Gasteiger partial charge on any atom is -0.492 e. The fourth-order valence-corrected chi connectivity index (χ4v) is 4.35. The van der Waals surface area contributed by atoms with Crippen molar-refractivity contribution in [3.8, 4) is 5.75 Å². The third kappa shape index (κ3) is 9.43. The van der Waals surface area contributed by atoms with Gasteiger partial charge in [0.25, 0.3) is 0 Å². The molecule has 0 spiro atoms. The number of hydrogen-bond donors (Lipinski definition) is 3. The van der Waals surface area contributed by atoms with Gasteiger partial charge in [-0.3, -0.25) is 9.59 Å². The zero-order valence-electron chi connectivity index (χ0n) is 22.0. The van der Waals surface area contributed by atoms with Gasteiger partial charge in [0.05, 0.1) is 12.5 Å². The first kappa shape index (κ1) is 28.5. The zero-order chi connectivity index (χ0) is 26.1. The summed E-state index contributed by atoms with van der Waals surface area (Å²) in [5.74, 6) is 1.12. The van der Waals surface area contributed by atoms with Crippen LogP contribution in [0.25, 0.3) is 0 Å². The second kappa shape index (κ2) is 12.8. The quantitative estimate of drug-likeness (QED) is 0.300. The van der Waals surface area contributed by atoms with E-state index in [1.807, 2.05) is 30.3 Å². The number of carbonyl (C=O) groups excluding carboxylic acids is 2. The van der Waals surface area contributed by atoms with E-state index in [4.69, 9.17) is 9.16 Å². The van der Waals surface area contributed by atoms with E-state index in [0.717, 1.165) is 16.9 Å². The predicted octanol–water partition coefficient (Wildman–Crippen LogP) is 4.06. The van der Waals surface area contributed by atoms with Gasteiger partial charge in [-0.2, -0.15) is 0 Å². The number of aromatic nitrogens is 1. The number of anilines is 1. The Morgan fingerprint density at radius 1 is 1.09 bits per heavy atom. The molecule has 3 N–H and O–H groups in total. The topological polar surface area (TPSA) is 102 Å². The number of hydrogen-bond acceptors (Lipinski definition) is 6. The Hall–Kier alpha value is -2.75. The molecule has 1 aromatic carbocycles. The number of amides is 2. The molecule has 0 aliphatic heterocycles. The molecule has 0 unspecified atom stereocenters. The molecule has 1 heterocycles. The van der Waals surface area contributed by atoms with Gasteiger partial charge in [0.1, 0.15) is 18.2 Å². The molecule has 9 heteroatoms. The van der Waals surface area contributed by atoms with Crippen LogP contribution in [-0.4, -0.2) is 51.9 Å². The number of nitrogens with zero attached hydrogens (tertiary/aromatic N) is 1. The third-order valence-electron chi connectivity index (χ3n) is 6.15. The molecule has 1 atom stereocenters. The lowest BCUT2D eigenvalue weighted by Gasteiger charge is -2.39. The lowest BCUT2D eigenvalue weighted by atomic mass is 10.1. The highest BCUT2D eigenvalue weighted by Crippen LogP contribution is 2.39. The van der Waals surface area contributed by atoms with Crippen molar-refractivity contribution >= 4 is 25.9 Å². The normalized spacial score (nSPS) is 12.7. The van der Waals surface area contributed by atoms with E-state index in [1.165, 1.54) is 6.92 Å². The fraction of sp³-hybridized carbons (Fsp3) is 0.500. The van der Waals surface area contributed by atoms with Crippen LogP contribution < -0.4 is 20.7 Å². The van der Waals surface area contributed by atoms with Crippen LogP contribution in [0, 0.1) is 0 Å². The van der Waals surface area contributed by atoms with Crippen LogP contribution in [0.4, 0.5) is 5.82 Å². The maximum Gasteiger partial charge on any atom is 0.224 e. The molecule has 1 aromatic heterocycles. The molecule has 0 radical (unpaired) electrons. The minimum atomic E-state index is -2.03. The number of carbonyl (C=O) groups is 2. The molecule has 0 bridgehead atoms. The average Bonchev–Trinajstić information content (AvgIpc) is 2.78. The molecule has 2 aromatic rings. The van der Waals surface area contributed by atoms with E-state index in [-0.39, 0.29) is 23.0 Å². The van der Waals surface area contributed by atoms with Crippen LogP contribution in [0.1, 0.15) is 44.9 Å². The van der Waals surface area contributed by atoms with Gasteiger partial charge in [0, 0.05) is 33.3 Å². The van der Waals surface area contributed by atoms with E-state index >= 15 is 0 Å². The van der Waals surface area contributed by atoms with Crippen LogP contribution in [0.3, 0.4) is 0 Å². The van der Waals surface area contributed by atoms with Crippen molar-refractivity contribution in [3.05, 3.63) is 53.7 Å². The number of rotatable bonds is 12. The Balaban J connectivity index is 1.94. The molecule has 8 nitrogen and oxygen atoms in total.